The van der Waals surface area contributed by atoms with Gasteiger partial charge in [0, 0.05) is 20.8 Å². The molecular weight excluding hydrogens is 306 g/mol. The average molecular weight is 324 g/mol. The van der Waals surface area contributed by atoms with Crippen LogP contribution in [0.15, 0.2) is 34.1 Å². The van der Waals surface area contributed by atoms with E-state index < -0.39 is 0 Å². The molecule has 1 nitrogen and oxygen atoms in total. The maximum atomic E-state index is 3.52. The lowest BCUT2D eigenvalue weighted by atomic mass is 10.0. The molecule has 1 aromatic carbocycles. The molecule has 0 amide bonds. The standard InChI is InChI=1S/C15H18BrNS/c1-10-4-5-12(6-11(10)2)7-14(17-3)15-8-13(16)9-18-15/h4-6,8-9,14,17H,7H2,1-3H3. The highest BCUT2D eigenvalue weighted by Gasteiger charge is 2.12. The third-order valence-electron chi connectivity index (χ3n) is 3.29. The van der Waals surface area contributed by atoms with Gasteiger partial charge < -0.3 is 5.32 Å². The molecule has 18 heavy (non-hydrogen) atoms. The second kappa shape index (κ2) is 6.00. The summed E-state index contributed by atoms with van der Waals surface area (Å²) in [6.07, 6.45) is 1.03. The van der Waals surface area contributed by atoms with Crippen LogP contribution in [0.5, 0.6) is 0 Å². The lowest BCUT2D eigenvalue weighted by molar-refractivity contribution is 0.602. The van der Waals surface area contributed by atoms with Gasteiger partial charge in [-0.3, -0.25) is 0 Å². The van der Waals surface area contributed by atoms with Crippen molar-refractivity contribution in [3.05, 3.63) is 55.7 Å². The van der Waals surface area contributed by atoms with Gasteiger partial charge in [0.1, 0.15) is 0 Å². The molecule has 0 saturated carbocycles. The molecule has 0 fully saturated rings. The number of hydrogen-bond acceptors (Lipinski definition) is 2. The Morgan fingerprint density at radius 1 is 1.22 bits per heavy atom. The molecule has 0 aliphatic heterocycles. The van der Waals surface area contributed by atoms with Crippen LogP contribution in [0.25, 0.3) is 0 Å². The Labute approximate surface area is 121 Å². The molecule has 2 rings (SSSR count). The first-order chi connectivity index (χ1) is 8.60. The number of nitrogens with one attached hydrogen (secondary N) is 1. The van der Waals surface area contributed by atoms with Crippen molar-refractivity contribution >= 4 is 27.3 Å². The molecule has 1 N–H and O–H groups in total. The summed E-state index contributed by atoms with van der Waals surface area (Å²) in [6.45, 7) is 4.33. The molecule has 1 unspecified atom stereocenters. The fraction of sp³-hybridized carbons (Fsp3) is 0.333. The molecule has 0 radical (unpaired) electrons. The van der Waals surface area contributed by atoms with E-state index in [-0.39, 0.29) is 0 Å². The molecule has 96 valence electrons. The predicted molar refractivity (Wildman–Crippen MR) is 83.4 cm³/mol. The van der Waals surface area contributed by atoms with E-state index in [0.717, 1.165) is 6.42 Å². The number of aryl methyl sites for hydroxylation is 2. The van der Waals surface area contributed by atoms with Crippen LogP contribution < -0.4 is 5.32 Å². The second-order valence-corrected chi connectivity index (χ2v) is 6.49. The fourth-order valence-electron chi connectivity index (χ4n) is 2.02. The van der Waals surface area contributed by atoms with Crippen molar-refractivity contribution in [3.8, 4) is 0 Å². The lowest BCUT2D eigenvalue weighted by Crippen LogP contribution is -2.17. The van der Waals surface area contributed by atoms with E-state index in [1.807, 2.05) is 7.05 Å². The zero-order valence-corrected chi connectivity index (χ0v) is 13.4. The minimum atomic E-state index is 0.392. The fourth-order valence-corrected chi connectivity index (χ4v) is 3.58. The molecule has 1 atom stereocenters. The molecular formula is C15H18BrNS. The first kappa shape index (κ1) is 13.8. The predicted octanol–water partition coefficient (Wildman–Crippen LogP) is 4.63. The van der Waals surface area contributed by atoms with Crippen LogP contribution in [-0.2, 0) is 6.42 Å². The number of rotatable bonds is 4. The van der Waals surface area contributed by atoms with Crippen molar-refractivity contribution < 1.29 is 0 Å². The SMILES string of the molecule is CNC(Cc1ccc(C)c(C)c1)c1cc(Br)cs1. The van der Waals surface area contributed by atoms with Crippen molar-refractivity contribution in [2.75, 3.05) is 7.05 Å². The van der Waals surface area contributed by atoms with Crippen LogP contribution in [0.2, 0.25) is 0 Å². The van der Waals surface area contributed by atoms with Crippen molar-refractivity contribution in [1.29, 1.82) is 0 Å². The zero-order chi connectivity index (χ0) is 13.1. The third-order valence-corrected chi connectivity index (χ3v) is 5.10. The van der Waals surface area contributed by atoms with E-state index in [9.17, 15) is 0 Å². The van der Waals surface area contributed by atoms with Crippen molar-refractivity contribution in [3.63, 3.8) is 0 Å². The highest BCUT2D eigenvalue weighted by molar-refractivity contribution is 9.10. The molecule has 1 aromatic heterocycles. The van der Waals surface area contributed by atoms with Gasteiger partial charge >= 0.3 is 0 Å². The van der Waals surface area contributed by atoms with Crippen LogP contribution >= 0.6 is 27.3 Å². The molecule has 0 spiro atoms. The highest BCUT2D eigenvalue weighted by Crippen LogP contribution is 2.28. The van der Waals surface area contributed by atoms with E-state index in [1.165, 1.54) is 26.0 Å². The van der Waals surface area contributed by atoms with E-state index in [1.54, 1.807) is 11.3 Å². The Kier molecular flexibility index (Phi) is 4.60. The van der Waals surface area contributed by atoms with Gasteiger partial charge in [-0.15, -0.1) is 11.3 Å². The van der Waals surface area contributed by atoms with Crippen LogP contribution in [0.1, 0.15) is 27.6 Å². The maximum absolute atomic E-state index is 3.52. The molecule has 0 aliphatic carbocycles. The summed E-state index contributed by atoms with van der Waals surface area (Å²) >= 11 is 5.32. The average Bonchev–Trinajstić information content (AvgIpc) is 2.77. The summed E-state index contributed by atoms with van der Waals surface area (Å²) in [5.41, 5.74) is 4.12. The summed E-state index contributed by atoms with van der Waals surface area (Å²) in [7, 11) is 2.03. The van der Waals surface area contributed by atoms with Gasteiger partial charge in [-0.1, -0.05) is 18.2 Å². The highest BCUT2D eigenvalue weighted by atomic mass is 79.9. The Balaban J connectivity index is 2.17. The van der Waals surface area contributed by atoms with Gasteiger partial charge in [0.05, 0.1) is 0 Å². The summed E-state index contributed by atoms with van der Waals surface area (Å²) < 4.78 is 1.17. The van der Waals surface area contributed by atoms with Gasteiger partial charge in [-0.2, -0.15) is 0 Å². The summed E-state index contributed by atoms with van der Waals surface area (Å²) in [5.74, 6) is 0. The van der Waals surface area contributed by atoms with Crippen LogP contribution in [-0.4, -0.2) is 7.05 Å². The Morgan fingerprint density at radius 3 is 2.56 bits per heavy atom. The van der Waals surface area contributed by atoms with Gasteiger partial charge in [0.15, 0.2) is 0 Å². The number of likely N-dealkylation sites (N-methyl/N-ethyl adjacent to an activating group) is 1. The van der Waals surface area contributed by atoms with Crippen molar-refractivity contribution in [2.45, 2.75) is 26.3 Å². The minimum Gasteiger partial charge on any atom is -0.312 e. The summed E-state index contributed by atoms with van der Waals surface area (Å²) in [4.78, 5) is 1.38. The molecule has 1 heterocycles. The quantitative estimate of drug-likeness (QED) is 0.864. The largest absolute Gasteiger partial charge is 0.312 e. The minimum absolute atomic E-state index is 0.392. The molecule has 0 aliphatic rings. The van der Waals surface area contributed by atoms with Gasteiger partial charge in [0.25, 0.3) is 0 Å². The van der Waals surface area contributed by atoms with Crippen LogP contribution in [0.3, 0.4) is 0 Å². The number of hydrogen-bond donors (Lipinski definition) is 1. The van der Waals surface area contributed by atoms with E-state index in [4.69, 9.17) is 0 Å². The van der Waals surface area contributed by atoms with Gasteiger partial charge in [-0.05, 0) is 66.0 Å². The Morgan fingerprint density at radius 2 is 2.00 bits per heavy atom. The monoisotopic (exact) mass is 323 g/mol. The topological polar surface area (TPSA) is 12.0 Å². The van der Waals surface area contributed by atoms with Gasteiger partial charge in [0.2, 0.25) is 0 Å². The van der Waals surface area contributed by atoms with Crippen molar-refractivity contribution in [1.82, 2.24) is 5.32 Å². The Bertz CT molecular complexity index is 533. The number of halogens is 1. The van der Waals surface area contributed by atoms with E-state index in [0.29, 0.717) is 6.04 Å². The van der Waals surface area contributed by atoms with E-state index >= 15 is 0 Å². The summed E-state index contributed by atoms with van der Waals surface area (Å²) in [5, 5.41) is 5.54. The normalized spacial score (nSPS) is 12.7. The molecule has 3 heteroatoms. The van der Waals surface area contributed by atoms with Crippen molar-refractivity contribution in [2.24, 2.45) is 0 Å². The maximum Gasteiger partial charge on any atom is 0.0453 e. The van der Waals surface area contributed by atoms with E-state index in [2.05, 4.69) is 64.7 Å². The Hall–Kier alpha value is -0.640. The van der Waals surface area contributed by atoms with Gasteiger partial charge in [-0.25, -0.2) is 0 Å². The summed E-state index contributed by atoms with van der Waals surface area (Å²) in [6, 6.07) is 9.33. The first-order valence-corrected chi connectivity index (χ1v) is 7.74. The molecule has 2 aromatic rings. The number of benzene rings is 1. The lowest BCUT2D eigenvalue weighted by Gasteiger charge is -2.15. The molecule has 0 bridgehead atoms. The molecule has 0 saturated heterocycles. The smallest absolute Gasteiger partial charge is 0.0453 e. The number of thiophene rings is 1. The first-order valence-electron chi connectivity index (χ1n) is 6.07. The second-order valence-electron chi connectivity index (χ2n) is 4.63. The van der Waals surface area contributed by atoms with Crippen LogP contribution in [0, 0.1) is 13.8 Å². The van der Waals surface area contributed by atoms with Crippen LogP contribution in [0.4, 0.5) is 0 Å². The third kappa shape index (κ3) is 3.22. The zero-order valence-electron chi connectivity index (χ0n) is 11.0.